The number of fused-ring (bicyclic) bond motifs is 1. The van der Waals surface area contributed by atoms with Gasteiger partial charge in [0.15, 0.2) is 5.82 Å². The summed E-state index contributed by atoms with van der Waals surface area (Å²) in [6.45, 7) is 2.98. The Labute approximate surface area is 177 Å². The second-order valence-electron chi connectivity index (χ2n) is 7.58. The van der Waals surface area contributed by atoms with Crippen LogP contribution < -0.4 is 4.72 Å². The summed E-state index contributed by atoms with van der Waals surface area (Å²) < 4.78 is 60.8. The highest BCUT2D eigenvalue weighted by Crippen LogP contribution is 2.28. The van der Waals surface area contributed by atoms with Gasteiger partial charge in [0.2, 0.25) is 15.8 Å². The van der Waals surface area contributed by atoms with Gasteiger partial charge < -0.3 is 9.72 Å². The molecule has 0 amide bonds. The standard InChI is InChI=1S/C21H21F2N3O4S/c1-2-5-31(28,29)26-17-4-3-16(22)18(19(17)23)20(27)15-9-25-21-14(15)7-12(8-24-21)6-13-10-30-11-13/h3-4,7-9,13,26H,2,5-6,10-11H2,1H3,(H,24,25). The van der Waals surface area contributed by atoms with E-state index >= 15 is 4.39 Å². The minimum Gasteiger partial charge on any atom is -0.381 e. The molecule has 0 radical (unpaired) electrons. The maximum Gasteiger partial charge on any atom is 0.232 e. The molecule has 164 valence electrons. The van der Waals surface area contributed by atoms with Crippen LogP contribution in [0.5, 0.6) is 0 Å². The van der Waals surface area contributed by atoms with Crippen LogP contribution in [0, 0.1) is 17.6 Å². The molecular weight excluding hydrogens is 428 g/mol. The molecule has 0 bridgehead atoms. The van der Waals surface area contributed by atoms with Crippen molar-refractivity contribution in [1.29, 1.82) is 0 Å². The number of pyridine rings is 1. The molecule has 3 heterocycles. The van der Waals surface area contributed by atoms with E-state index in [0.717, 1.165) is 24.1 Å². The van der Waals surface area contributed by atoms with Gasteiger partial charge in [0.25, 0.3) is 0 Å². The van der Waals surface area contributed by atoms with E-state index in [0.29, 0.717) is 36.6 Å². The van der Waals surface area contributed by atoms with Crippen molar-refractivity contribution in [2.45, 2.75) is 19.8 Å². The number of carbonyl (C=O) groups excluding carboxylic acids is 1. The number of ether oxygens (including phenoxy) is 1. The fourth-order valence-corrected chi connectivity index (χ4v) is 4.68. The van der Waals surface area contributed by atoms with Crippen LogP contribution in [-0.4, -0.2) is 43.1 Å². The summed E-state index contributed by atoms with van der Waals surface area (Å²) in [7, 11) is -3.82. The average molecular weight is 449 g/mol. The van der Waals surface area contributed by atoms with Gasteiger partial charge in [-0.1, -0.05) is 6.92 Å². The zero-order valence-electron chi connectivity index (χ0n) is 16.7. The van der Waals surface area contributed by atoms with Crippen molar-refractivity contribution >= 4 is 32.5 Å². The second kappa shape index (κ2) is 8.35. The van der Waals surface area contributed by atoms with Gasteiger partial charge in [-0.3, -0.25) is 9.52 Å². The Balaban J connectivity index is 1.71. The van der Waals surface area contributed by atoms with E-state index < -0.39 is 38.7 Å². The molecule has 1 aromatic carbocycles. The number of hydrogen-bond acceptors (Lipinski definition) is 5. The maximum atomic E-state index is 15.0. The zero-order valence-corrected chi connectivity index (χ0v) is 17.6. The maximum absolute atomic E-state index is 15.0. The third-order valence-electron chi connectivity index (χ3n) is 5.12. The van der Waals surface area contributed by atoms with Crippen LogP contribution in [0.1, 0.15) is 34.8 Å². The van der Waals surface area contributed by atoms with Crippen molar-refractivity contribution in [3.05, 3.63) is 58.9 Å². The first-order chi connectivity index (χ1) is 14.8. The monoisotopic (exact) mass is 449 g/mol. The van der Waals surface area contributed by atoms with E-state index in [4.69, 9.17) is 4.74 Å². The number of anilines is 1. The summed E-state index contributed by atoms with van der Waals surface area (Å²) in [4.78, 5) is 20.2. The summed E-state index contributed by atoms with van der Waals surface area (Å²) in [5, 5.41) is 0.443. The number of nitrogens with zero attached hydrogens (tertiary/aromatic N) is 1. The van der Waals surface area contributed by atoms with E-state index in [1.165, 1.54) is 6.20 Å². The van der Waals surface area contributed by atoms with Gasteiger partial charge in [0.1, 0.15) is 11.5 Å². The van der Waals surface area contributed by atoms with E-state index in [2.05, 4.69) is 14.7 Å². The van der Waals surface area contributed by atoms with Gasteiger partial charge in [-0.15, -0.1) is 0 Å². The van der Waals surface area contributed by atoms with E-state index in [1.54, 1.807) is 19.2 Å². The average Bonchev–Trinajstić information content (AvgIpc) is 3.10. The Hall–Kier alpha value is -2.85. The lowest BCUT2D eigenvalue weighted by molar-refractivity contribution is -0.0312. The van der Waals surface area contributed by atoms with Crippen LogP contribution in [-0.2, 0) is 21.2 Å². The van der Waals surface area contributed by atoms with Crippen LogP contribution >= 0.6 is 0 Å². The summed E-state index contributed by atoms with van der Waals surface area (Å²) in [5.74, 6) is -3.08. The summed E-state index contributed by atoms with van der Waals surface area (Å²) >= 11 is 0. The molecule has 10 heteroatoms. The van der Waals surface area contributed by atoms with E-state index in [1.807, 2.05) is 0 Å². The van der Waals surface area contributed by atoms with Crippen molar-refractivity contribution in [2.75, 3.05) is 23.7 Å². The molecule has 0 atom stereocenters. The smallest absolute Gasteiger partial charge is 0.232 e. The second-order valence-corrected chi connectivity index (χ2v) is 9.43. The molecule has 1 aliphatic rings. The molecule has 7 nitrogen and oxygen atoms in total. The first-order valence-electron chi connectivity index (χ1n) is 9.86. The Morgan fingerprint density at radius 3 is 2.77 bits per heavy atom. The minimum atomic E-state index is -3.82. The summed E-state index contributed by atoms with van der Waals surface area (Å²) in [6.07, 6.45) is 4.08. The highest BCUT2D eigenvalue weighted by molar-refractivity contribution is 7.92. The van der Waals surface area contributed by atoms with Gasteiger partial charge in [-0.2, -0.15) is 0 Å². The van der Waals surface area contributed by atoms with Gasteiger partial charge >= 0.3 is 0 Å². The molecule has 4 rings (SSSR count). The highest BCUT2D eigenvalue weighted by atomic mass is 32.2. The third kappa shape index (κ3) is 4.31. The Kier molecular flexibility index (Phi) is 5.76. The zero-order chi connectivity index (χ0) is 22.2. The molecule has 31 heavy (non-hydrogen) atoms. The number of aromatic nitrogens is 2. The molecule has 0 spiro atoms. The number of hydrogen-bond donors (Lipinski definition) is 2. The molecular formula is C21H21F2N3O4S. The topological polar surface area (TPSA) is 101 Å². The normalized spacial score (nSPS) is 14.5. The van der Waals surface area contributed by atoms with Crippen molar-refractivity contribution in [2.24, 2.45) is 5.92 Å². The number of H-pyrrole nitrogens is 1. The van der Waals surface area contributed by atoms with Crippen LogP contribution in [0.2, 0.25) is 0 Å². The van der Waals surface area contributed by atoms with Crippen LogP contribution in [0.25, 0.3) is 11.0 Å². The first kappa shape index (κ1) is 21.4. The number of sulfonamides is 1. The highest BCUT2D eigenvalue weighted by Gasteiger charge is 2.26. The van der Waals surface area contributed by atoms with Crippen LogP contribution in [0.3, 0.4) is 0 Å². The molecule has 0 saturated carbocycles. The summed E-state index contributed by atoms with van der Waals surface area (Å²) in [6, 6.07) is 3.60. The number of aromatic amines is 1. The number of halogens is 2. The van der Waals surface area contributed by atoms with Gasteiger partial charge in [0.05, 0.1) is 30.2 Å². The molecule has 3 aromatic rings. The Morgan fingerprint density at radius 2 is 2.10 bits per heavy atom. The quantitative estimate of drug-likeness (QED) is 0.513. The lowest BCUT2D eigenvalue weighted by Crippen LogP contribution is -2.29. The fraction of sp³-hybridized carbons (Fsp3) is 0.333. The molecule has 2 aromatic heterocycles. The fourth-order valence-electron chi connectivity index (χ4n) is 3.54. The molecule has 2 N–H and O–H groups in total. The number of nitrogens with one attached hydrogen (secondary N) is 2. The molecule has 0 aliphatic carbocycles. The Bertz CT molecular complexity index is 1250. The lowest BCUT2D eigenvalue weighted by Gasteiger charge is -2.25. The minimum absolute atomic E-state index is 0.0561. The van der Waals surface area contributed by atoms with Crippen molar-refractivity contribution in [3.8, 4) is 0 Å². The molecule has 0 unspecified atom stereocenters. The van der Waals surface area contributed by atoms with Crippen molar-refractivity contribution in [1.82, 2.24) is 9.97 Å². The first-order valence-corrected chi connectivity index (χ1v) is 11.5. The van der Waals surface area contributed by atoms with E-state index in [9.17, 15) is 17.6 Å². The number of carbonyl (C=O) groups is 1. The summed E-state index contributed by atoms with van der Waals surface area (Å²) in [5.41, 5.74) is 0.0619. The number of ketones is 1. The van der Waals surface area contributed by atoms with Gasteiger partial charge in [-0.25, -0.2) is 22.2 Å². The van der Waals surface area contributed by atoms with Crippen molar-refractivity contribution in [3.63, 3.8) is 0 Å². The third-order valence-corrected chi connectivity index (χ3v) is 6.60. The molecule has 1 fully saturated rings. The molecule has 1 saturated heterocycles. The van der Waals surface area contributed by atoms with Crippen LogP contribution in [0.15, 0.2) is 30.6 Å². The van der Waals surface area contributed by atoms with Crippen molar-refractivity contribution < 1.29 is 26.7 Å². The predicted molar refractivity (Wildman–Crippen MR) is 112 cm³/mol. The number of rotatable bonds is 8. The van der Waals surface area contributed by atoms with Crippen LogP contribution in [0.4, 0.5) is 14.5 Å². The van der Waals surface area contributed by atoms with Gasteiger partial charge in [0, 0.05) is 29.3 Å². The largest absolute Gasteiger partial charge is 0.381 e. The SMILES string of the molecule is CCCS(=O)(=O)Nc1ccc(F)c(C(=O)c2c[nH]c3ncc(CC4COC4)cc23)c1F. The van der Waals surface area contributed by atoms with E-state index in [-0.39, 0.29) is 11.3 Å². The predicted octanol–water partition coefficient (Wildman–Crippen LogP) is 3.41. The lowest BCUT2D eigenvalue weighted by atomic mass is 9.97. The number of benzene rings is 1. The van der Waals surface area contributed by atoms with Gasteiger partial charge in [-0.05, 0) is 36.6 Å². The molecule has 1 aliphatic heterocycles. The Morgan fingerprint density at radius 1 is 1.32 bits per heavy atom.